The summed E-state index contributed by atoms with van der Waals surface area (Å²) < 4.78 is 5.75. The van der Waals surface area contributed by atoms with E-state index in [9.17, 15) is 9.59 Å². The number of amides is 1. The van der Waals surface area contributed by atoms with Crippen LogP contribution in [0, 0.1) is 40.4 Å². The van der Waals surface area contributed by atoms with Crippen LogP contribution in [0.25, 0.3) is 0 Å². The topological polar surface area (TPSA) is 55.4 Å². The van der Waals surface area contributed by atoms with Crippen LogP contribution in [0.4, 0.5) is 0 Å². The van der Waals surface area contributed by atoms with Crippen molar-refractivity contribution in [2.75, 3.05) is 0 Å². The van der Waals surface area contributed by atoms with E-state index in [0.29, 0.717) is 23.7 Å². The fraction of sp³-hybridized carbons (Fsp3) is 0.846. The summed E-state index contributed by atoms with van der Waals surface area (Å²) in [5, 5.41) is 3.61. The predicted molar refractivity (Wildman–Crippen MR) is 114 cm³/mol. The Morgan fingerprint density at radius 2 is 1.80 bits per heavy atom. The lowest BCUT2D eigenvalue weighted by Gasteiger charge is -2.58. The molecule has 1 heterocycles. The van der Waals surface area contributed by atoms with E-state index in [1.54, 1.807) is 6.08 Å². The molecule has 2 bridgehead atoms. The van der Waals surface area contributed by atoms with E-state index in [1.165, 1.54) is 38.5 Å². The maximum absolute atomic E-state index is 13.6. The van der Waals surface area contributed by atoms with E-state index in [4.69, 9.17) is 4.74 Å². The fourth-order valence-corrected chi connectivity index (χ4v) is 9.35. The first-order valence-corrected chi connectivity index (χ1v) is 12.5. The van der Waals surface area contributed by atoms with Gasteiger partial charge in [-0.15, -0.1) is 0 Å². The highest BCUT2D eigenvalue weighted by atomic mass is 16.5. The molecule has 0 aromatic rings. The van der Waals surface area contributed by atoms with E-state index >= 15 is 0 Å². The van der Waals surface area contributed by atoms with E-state index in [2.05, 4.69) is 25.2 Å². The first-order valence-electron chi connectivity index (χ1n) is 12.5. The molecule has 0 spiro atoms. The summed E-state index contributed by atoms with van der Waals surface area (Å²) in [5.74, 6) is 3.11. The third kappa shape index (κ3) is 2.57. The Morgan fingerprint density at radius 3 is 2.53 bits per heavy atom. The van der Waals surface area contributed by atoms with Crippen molar-refractivity contribution in [2.24, 2.45) is 40.4 Å². The molecule has 0 aromatic heterocycles. The number of hydrogen-bond acceptors (Lipinski definition) is 3. The molecule has 6 rings (SSSR count). The van der Waals surface area contributed by atoms with Gasteiger partial charge >= 0.3 is 5.97 Å². The molecule has 5 saturated carbocycles. The van der Waals surface area contributed by atoms with Gasteiger partial charge in [0, 0.05) is 22.9 Å². The third-order valence-electron chi connectivity index (χ3n) is 11.0. The van der Waals surface area contributed by atoms with E-state index in [0.717, 1.165) is 38.0 Å². The second-order valence-corrected chi connectivity index (χ2v) is 12.2. The molecule has 0 radical (unpaired) electrons. The summed E-state index contributed by atoms with van der Waals surface area (Å²) in [6, 6.07) is 0. The van der Waals surface area contributed by atoms with Gasteiger partial charge in [-0.25, -0.2) is 4.79 Å². The standard InChI is InChI=1S/C26H37NO3/c1-24-11-9-19-17(3-6-21-25(19,2)12-10-22(28)30-21)18(24)4-5-20(24)23(29)27-26-13-7-16(15-26)8-14-26/h10,12,16-21H,3-9,11,13-15H2,1-2H3,(H,27,29)/t16?,17-,18-,19+,20?,21?,24-,25+,26?/m0/s1. The second-order valence-electron chi connectivity index (χ2n) is 12.2. The van der Waals surface area contributed by atoms with Crippen molar-refractivity contribution in [3.8, 4) is 0 Å². The lowest BCUT2D eigenvalue weighted by atomic mass is 9.48. The van der Waals surface area contributed by atoms with Crippen molar-refractivity contribution in [1.29, 1.82) is 0 Å². The van der Waals surface area contributed by atoms with Gasteiger partial charge in [-0.2, -0.15) is 0 Å². The highest BCUT2D eigenvalue weighted by Gasteiger charge is 2.62. The SMILES string of the molecule is C[C@]12C=CC(=O)OC1CC[C@@H]1[C@H]2CC[C@]2(C)C(C(=O)NC34CCC(CC3)C4)CC[C@@H]12. The van der Waals surface area contributed by atoms with Gasteiger partial charge < -0.3 is 10.1 Å². The van der Waals surface area contributed by atoms with Crippen molar-refractivity contribution in [1.82, 2.24) is 5.32 Å². The van der Waals surface area contributed by atoms with E-state index in [1.807, 2.05) is 0 Å². The third-order valence-corrected chi connectivity index (χ3v) is 11.0. The fourth-order valence-electron chi connectivity index (χ4n) is 9.35. The predicted octanol–water partition coefficient (Wildman–Crippen LogP) is 4.78. The Labute approximate surface area is 180 Å². The zero-order valence-corrected chi connectivity index (χ0v) is 18.6. The van der Waals surface area contributed by atoms with Crippen molar-refractivity contribution < 1.29 is 14.3 Å². The molecule has 4 heteroatoms. The summed E-state index contributed by atoms with van der Waals surface area (Å²) in [6.45, 7) is 4.75. The zero-order chi connectivity index (χ0) is 20.7. The minimum Gasteiger partial charge on any atom is -0.458 e. The molecule has 0 saturated heterocycles. The molecule has 1 N–H and O–H groups in total. The Balaban J connectivity index is 1.22. The van der Waals surface area contributed by atoms with E-state index < -0.39 is 0 Å². The maximum atomic E-state index is 13.6. The quantitative estimate of drug-likeness (QED) is 0.666. The Bertz CT molecular complexity index is 796. The number of rotatable bonds is 2. The van der Waals surface area contributed by atoms with Gasteiger partial charge in [0.05, 0.1) is 0 Å². The summed E-state index contributed by atoms with van der Waals surface area (Å²) in [5.41, 5.74) is 0.243. The van der Waals surface area contributed by atoms with E-state index in [-0.39, 0.29) is 34.4 Å². The van der Waals surface area contributed by atoms with Crippen molar-refractivity contribution in [2.45, 2.75) is 96.1 Å². The van der Waals surface area contributed by atoms with Gasteiger partial charge in [-0.3, -0.25) is 4.79 Å². The van der Waals surface area contributed by atoms with Crippen LogP contribution in [0.2, 0.25) is 0 Å². The first kappa shape index (κ1) is 19.4. The number of carbonyl (C=O) groups is 2. The average Bonchev–Trinajstić information content (AvgIpc) is 3.40. The summed E-state index contributed by atoms with van der Waals surface area (Å²) >= 11 is 0. The van der Waals surface area contributed by atoms with Gasteiger partial charge in [0.15, 0.2) is 0 Å². The molecule has 7 atom stereocenters. The van der Waals surface area contributed by atoms with Crippen LogP contribution >= 0.6 is 0 Å². The molecule has 1 amide bonds. The number of carbonyl (C=O) groups excluding carboxylic acids is 2. The highest BCUT2D eigenvalue weighted by Crippen LogP contribution is 2.65. The molecule has 5 fully saturated rings. The molecule has 4 nitrogen and oxygen atoms in total. The van der Waals surface area contributed by atoms with Crippen LogP contribution in [0.5, 0.6) is 0 Å². The largest absolute Gasteiger partial charge is 0.458 e. The molecule has 30 heavy (non-hydrogen) atoms. The summed E-state index contributed by atoms with van der Waals surface area (Å²) in [7, 11) is 0. The molecule has 1 aliphatic heterocycles. The molecule has 6 aliphatic rings. The van der Waals surface area contributed by atoms with Gasteiger partial charge in [-0.05, 0) is 99.7 Å². The Kier molecular flexibility index (Phi) is 4.10. The van der Waals surface area contributed by atoms with Crippen molar-refractivity contribution in [3.05, 3.63) is 12.2 Å². The minimum atomic E-state index is -0.172. The summed E-state index contributed by atoms with van der Waals surface area (Å²) in [6.07, 6.45) is 16.8. The maximum Gasteiger partial charge on any atom is 0.330 e. The van der Waals surface area contributed by atoms with Crippen molar-refractivity contribution >= 4 is 11.9 Å². The molecule has 0 aromatic carbocycles. The molecule has 2 unspecified atom stereocenters. The lowest BCUT2D eigenvalue weighted by Crippen LogP contribution is -2.56. The second kappa shape index (κ2) is 6.36. The first-order chi connectivity index (χ1) is 14.3. The number of nitrogens with one attached hydrogen (secondary N) is 1. The average molecular weight is 412 g/mol. The normalized spacial score (nSPS) is 53.6. The monoisotopic (exact) mass is 411 g/mol. The summed E-state index contributed by atoms with van der Waals surface area (Å²) in [4.78, 5) is 25.4. The Hall–Kier alpha value is -1.32. The molecule has 164 valence electrons. The molecular formula is C26H37NO3. The van der Waals surface area contributed by atoms with Crippen LogP contribution in [0.3, 0.4) is 0 Å². The van der Waals surface area contributed by atoms with Crippen LogP contribution in [-0.2, 0) is 14.3 Å². The smallest absolute Gasteiger partial charge is 0.330 e. The Morgan fingerprint density at radius 1 is 1.00 bits per heavy atom. The minimum absolute atomic E-state index is 0.0276. The highest BCUT2D eigenvalue weighted by molar-refractivity contribution is 5.83. The van der Waals surface area contributed by atoms with Crippen LogP contribution in [-0.4, -0.2) is 23.5 Å². The molecule has 5 aliphatic carbocycles. The van der Waals surface area contributed by atoms with Crippen LogP contribution in [0.1, 0.15) is 84.5 Å². The van der Waals surface area contributed by atoms with Gasteiger partial charge in [0.1, 0.15) is 6.10 Å². The van der Waals surface area contributed by atoms with Crippen LogP contribution < -0.4 is 5.32 Å². The molecular weight excluding hydrogens is 374 g/mol. The zero-order valence-electron chi connectivity index (χ0n) is 18.6. The van der Waals surface area contributed by atoms with Crippen LogP contribution in [0.15, 0.2) is 12.2 Å². The van der Waals surface area contributed by atoms with Crippen molar-refractivity contribution in [3.63, 3.8) is 0 Å². The van der Waals surface area contributed by atoms with Gasteiger partial charge in [0.2, 0.25) is 5.91 Å². The number of esters is 1. The van der Waals surface area contributed by atoms with Gasteiger partial charge in [-0.1, -0.05) is 19.9 Å². The number of ether oxygens (including phenoxy) is 1. The van der Waals surface area contributed by atoms with Gasteiger partial charge in [0.25, 0.3) is 0 Å². The number of hydrogen-bond donors (Lipinski definition) is 1. The number of fused-ring (bicyclic) bond motifs is 7. The lowest BCUT2D eigenvalue weighted by molar-refractivity contribution is -0.168.